The number of aliphatic hydroxyl groups excluding tert-OH is 1. The summed E-state index contributed by atoms with van der Waals surface area (Å²) in [5.74, 6) is -0.221. The maximum atomic E-state index is 13.8. The fourth-order valence-electron chi connectivity index (χ4n) is 1.62. The second-order valence-corrected chi connectivity index (χ2v) is 4.83. The van der Waals surface area contributed by atoms with Crippen molar-refractivity contribution in [3.05, 3.63) is 57.8 Å². The highest BCUT2D eigenvalue weighted by atomic mass is 35.5. The van der Waals surface area contributed by atoms with Crippen LogP contribution in [0.3, 0.4) is 0 Å². The summed E-state index contributed by atoms with van der Waals surface area (Å²) in [4.78, 5) is 0. The summed E-state index contributed by atoms with van der Waals surface area (Å²) < 4.78 is 19.2. The van der Waals surface area contributed by atoms with Crippen LogP contribution >= 0.6 is 23.2 Å². The lowest BCUT2D eigenvalue weighted by atomic mass is 10.1. The van der Waals surface area contributed by atoms with Crippen LogP contribution in [0.15, 0.2) is 36.4 Å². The molecule has 1 N–H and O–H groups in total. The summed E-state index contributed by atoms with van der Waals surface area (Å²) in [6, 6.07) is 9.00. The molecule has 0 radical (unpaired) electrons. The van der Waals surface area contributed by atoms with E-state index in [4.69, 9.17) is 27.9 Å². The molecule has 5 heteroatoms. The number of para-hydroxylation sites is 1. The minimum atomic E-state index is -0.839. The van der Waals surface area contributed by atoms with Crippen LogP contribution in [0, 0.1) is 5.82 Å². The van der Waals surface area contributed by atoms with Crippen molar-refractivity contribution in [1.29, 1.82) is 0 Å². The molecule has 2 aromatic carbocycles. The van der Waals surface area contributed by atoms with Crippen molar-refractivity contribution in [3.8, 4) is 11.5 Å². The van der Waals surface area contributed by atoms with Crippen molar-refractivity contribution in [3.63, 3.8) is 0 Å². The minimum absolute atomic E-state index is 0.0177. The molecule has 0 aliphatic rings. The Morgan fingerprint density at radius 1 is 1.16 bits per heavy atom. The summed E-state index contributed by atoms with van der Waals surface area (Å²) in [5.41, 5.74) is 0.367. The molecule has 0 spiro atoms. The first kappa shape index (κ1) is 14.1. The van der Waals surface area contributed by atoms with E-state index < -0.39 is 11.9 Å². The van der Waals surface area contributed by atoms with Crippen LogP contribution in [0.2, 0.25) is 10.0 Å². The third-order valence-electron chi connectivity index (χ3n) is 2.56. The van der Waals surface area contributed by atoms with Gasteiger partial charge >= 0.3 is 0 Å². The van der Waals surface area contributed by atoms with Crippen LogP contribution in [-0.4, -0.2) is 5.11 Å². The van der Waals surface area contributed by atoms with Gasteiger partial charge in [-0.15, -0.1) is 0 Å². The first-order valence-electron chi connectivity index (χ1n) is 5.58. The number of halogens is 3. The van der Waals surface area contributed by atoms with E-state index in [-0.39, 0.29) is 5.75 Å². The van der Waals surface area contributed by atoms with E-state index in [9.17, 15) is 9.50 Å². The second-order valence-electron chi connectivity index (χ2n) is 4.01. The molecule has 2 nitrogen and oxygen atoms in total. The highest BCUT2D eigenvalue weighted by Crippen LogP contribution is 2.34. The molecule has 0 aliphatic carbocycles. The van der Waals surface area contributed by atoms with E-state index in [1.807, 2.05) is 0 Å². The lowest BCUT2D eigenvalue weighted by Crippen LogP contribution is -1.98. The van der Waals surface area contributed by atoms with E-state index in [2.05, 4.69) is 0 Å². The monoisotopic (exact) mass is 300 g/mol. The molecule has 0 bridgehead atoms. The average molecular weight is 301 g/mol. The third-order valence-corrected chi connectivity index (χ3v) is 3.30. The minimum Gasteiger partial charge on any atom is -0.454 e. The first-order valence-corrected chi connectivity index (χ1v) is 6.34. The lowest BCUT2D eigenvalue weighted by Gasteiger charge is -2.14. The van der Waals surface area contributed by atoms with E-state index in [1.54, 1.807) is 18.2 Å². The maximum Gasteiger partial charge on any atom is 0.168 e. The highest BCUT2D eigenvalue weighted by molar-refractivity contribution is 6.42. The Hall–Kier alpha value is -1.29. The molecule has 1 atom stereocenters. The zero-order valence-electron chi connectivity index (χ0n) is 10.0. The molecule has 100 valence electrons. The van der Waals surface area contributed by atoms with Gasteiger partial charge in [-0.1, -0.05) is 35.3 Å². The normalized spacial score (nSPS) is 12.3. The molecule has 0 fully saturated rings. The number of ether oxygens (including phenoxy) is 1. The molecule has 0 saturated heterocycles. The van der Waals surface area contributed by atoms with Gasteiger partial charge in [0, 0.05) is 11.6 Å². The van der Waals surface area contributed by atoms with Gasteiger partial charge in [-0.25, -0.2) is 4.39 Å². The third kappa shape index (κ3) is 3.18. The van der Waals surface area contributed by atoms with Gasteiger partial charge < -0.3 is 9.84 Å². The molecular formula is C14H11Cl2FO2. The maximum absolute atomic E-state index is 13.8. The van der Waals surface area contributed by atoms with Crippen LogP contribution in [0.4, 0.5) is 4.39 Å². The van der Waals surface area contributed by atoms with Crippen molar-refractivity contribution in [2.75, 3.05) is 0 Å². The SMILES string of the molecule is C[C@H](O)c1cccc(F)c1Oc1ccc(Cl)c(Cl)c1. The number of aliphatic hydroxyl groups is 1. The van der Waals surface area contributed by atoms with Gasteiger partial charge in [-0.2, -0.15) is 0 Å². The van der Waals surface area contributed by atoms with Crippen LogP contribution in [0.25, 0.3) is 0 Å². The quantitative estimate of drug-likeness (QED) is 0.866. The molecule has 2 aromatic rings. The van der Waals surface area contributed by atoms with Gasteiger partial charge in [0.15, 0.2) is 11.6 Å². The number of hydrogen-bond donors (Lipinski definition) is 1. The molecule has 0 aliphatic heterocycles. The average Bonchev–Trinajstić information content (AvgIpc) is 2.36. The Morgan fingerprint density at radius 3 is 2.53 bits per heavy atom. The Morgan fingerprint density at radius 2 is 1.89 bits per heavy atom. The predicted octanol–water partition coefficient (Wildman–Crippen LogP) is 4.98. The Bertz CT molecular complexity index is 600. The van der Waals surface area contributed by atoms with Crippen LogP contribution in [0.5, 0.6) is 11.5 Å². The van der Waals surface area contributed by atoms with Gasteiger partial charge in [-0.3, -0.25) is 0 Å². The Balaban J connectivity index is 2.40. The molecule has 0 aromatic heterocycles. The van der Waals surface area contributed by atoms with Crippen molar-refractivity contribution in [2.24, 2.45) is 0 Å². The van der Waals surface area contributed by atoms with Crippen LogP contribution in [-0.2, 0) is 0 Å². The van der Waals surface area contributed by atoms with Gasteiger partial charge in [0.1, 0.15) is 5.75 Å². The van der Waals surface area contributed by atoms with Gasteiger partial charge in [0.2, 0.25) is 0 Å². The van der Waals surface area contributed by atoms with Crippen molar-refractivity contribution in [1.82, 2.24) is 0 Å². The van der Waals surface area contributed by atoms with Gasteiger partial charge in [0.25, 0.3) is 0 Å². The zero-order chi connectivity index (χ0) is 14.0. The van der Waals surface area contributed by atoms with Gasteiger partial charge in [0.05, 0.1) is 16.1 Å². The summed E-state index contributed by atoms with van der Waals surface area (Å²) in [6.45, 7) is 1.54. The largest absolute Gasteiger partial charge is 0.454 e. The van der Waals surface area contributed by atoms with E-state index >= 15 is 0 Å². The fraction of sp³-hybridized carbons (Fsp3) is 0.143. The van der Waals surface area contributed by atoms with Crippen LogP contribution in [0.1, 0.15) is 18.6 Å². The Kier molecular flexibility index (Phi) is 4.30. The molecule has 0 saturated carbocycles. The van der Waals surface area contributed by atoms with E-state index in [1.165, 1.54) is 25.1 Å². The van der Waals surface area contributed by atoms with E-state index in [0.717, 1.165) is 0 Å². The van der Waals surface area contributed by atoms with Crippen molar-refractivity contribution in [2.45, 2.75) is 13.0 Å². The number of hydrogen-bond acceptors (Lipinski definition) is 2. The van der Waals surface area contributed by atoms with E-state index in [0.29, 0.717) is 21.4 Å². The smallest absolute Gasteiger partial charge is 0.168 e. The van der Waals surface area contributed by atoms with Gasteiger partial charge in [-0.05, 0) is 25.1 Å². The van der Waals surface area contributed by atoms with Crippen molar-refractivity contribution < 1.29 is 14.2 Å². The highest BCUT2D eigenvalue weighted by Gasteiger charge is 2.15. The summed E-state index contributed by atoms with van der Waals surface area (Å²) in [7, 11) is 0. The topological polar surface area (TPSA) is 29.5 Å². The van der Waals surface area contributed by atoms with Crippen molar-refractivity contribution >= 4 is 23.2 Å². The molecule has 19 heavy (non-hydrogen) atoms. The van der Waals surface area contributed by atoms with Crippen LogP contribution < -0.4 is 4.74 Å². The molecule has 0 unspecified atom stereocenters. The molecular weight excluding hydrogens is 290 g/mol. The molecule has 2 rings (SSSR count). The molecule has 0 heterocycles. The number of benzene rings is 2. The number of rotatable bonds is 3. The molecule has 0 amide bonds. The Labute approximate surface area is 120 Å². The standard InChI is InChI=1S/C14H11Cl2FO2/c1-8(18)10-3-2-4-13(17)14(10)19-9-5-6-11(15)12(16)7-9/h2-8,18H,1H3/t8-/m0/s1. The summed E-state index contributed by atoms with van der Waals surface area (Å²) in [6.07, 6.45) is -0.839. The summed E-state index contributed by atoms with van der Waals surface area (Å²) in [5, 5.41) is 10.3. The predicted molar refractivity (Wildman–Crippen MR) is 73.6 cm³/mol. The summed E-state index contributed by atoms with van der Waals surface area (Å²) >= 11 is 11.7. The fourth-order valence-corrected chi connectivity index (χ4v) is 1.91. The first-order chi connectivity index (χ1) is 8.99. The lowest BCUT2D eigenvalue weighted by molar-refractivity contribution is 0.194. The zero-order valence-corrected chi connectivity index (χ0v) is 11.5. The second kappa shape index (κ2) is 5.78.